The highest BCUT2D eigenvalue weighted by atomic mass is 35.5. The number of nitrogens with zero attached hydrogens (tertiary/aromatic N) is 4. The zero-order valence-corrected chi connectivity index (χ0v) is 13.1. The Hall–Kier alpha value is -1.44. The highest BCUT2D eigenvalue weighted by Crippen LogP contribution is 2.25. The summed E-state index contributed by atoms with van der Waals surface area (Å²) in [6, 6.07) is 5.19. The van der Waals surface area contributed by atoms with Gasteiger partial charge in [-0.2, -0.15) is 4.31 Å². The van der Waals surface area contributed by atoms with E-state index in [1.54, 1.807) is 25.4 Å². The van der Waals surface area contributed by atoms with E-state index >= 15 is 0 Å². The Morgan fingerprint density at radius 3 is 2.90 bits per heavy atom. The van der Waals surface area contributed by atoms with Gasteiger partial charge in [-0.15, -0.1) is 21.8 Å². The first-order valence-electron chi connectivity index (χ1n) is 6.55. The van der Waals surface area contributed by atoms with Crippen molar-refractivity contribution in [3.63, 3.8) is 0 Å². The maximum atomic E-state index is 12.8. The van der Waals surface area contributed by atoms with Gasteiger partial charge in [0.2, 0.25) is 10.0 Å². The number of sulfonamides is 1. The summed E-state index contributed by atoms with van der Waals surface area (Å²) in [5.74, 6) is 0.958. The lowest BCUT2D eigenvalue weighted by molar-refractivity contribution is 0.335. The molecular weight excluding hydrogens is 312 g/mol. The van der Waals surface area contributed by atoms with Crippen LogP contribution >= 0.6 is 11.6 Å². The van der Waals surface area contributed by atoms with Crippen molar-refractivity contribution in [3.05, 3.63) is 41.5 Å². The van der Waals surface area contributed by atoms with Gasteiger partial charge >= 0.3 is 0 Å². The smallest absolute Gasteiger partial charge is 0.243 e. The minimum absolute atomic E-state index is 0.243. The zero-order chi connectivity index (χ0) is 15.0. The van der Waals surface area contributed by atoms with Gasteiger partial charge in [0, 0.05) is 19.0 Å². The average molecular weight is 327 g/mol. The molecule has 1 aliphatic heterocycles. The first kappa shape index (κ1) is 14.5. The Morgan fingerprint density at radius 1 is 1.33 bits per heavy atom. The minimum atomic E-state index is -3.55. The molecule has 0 saturated heterocycles. The first-order valence-corrected chi connectivity index (χ1v) is 8.53. The highest BCUT2D eigenvalue weighted by Gasteiger charge is 2.30. The number of hydrogen-bond donors (Lipinski definition) is 0. The maximum absolute atomic E-state index is 12.8. The molecule has 8 heteroatoms. The third kappa shape index (κ3) is 2.45. The lowest BCUT2D eigenvalue weighted by Crippen LogP contribution is -2.38. The quantitative estimate of drug-likeness (QED) is 0.802. The SMILES string of the molecule is Cc1c(CCl)cccc1S(=O)(=O)N1CCn2cnnc2C1. The largest absolute Gasteiger partial charge is 0.315 e. The third-order valence-electron chi connectivity index (χ3n) is 3.76. The summed E-state index contributed by atoms with van der Waals surface area (Å²) < 4.78 is 29.0. The molecule has 0 aliphatic carbocycles. The van der Waals surface area contributed by atoms with Crippen LogP contribution in [0.1, 0.15) is 17.0 Å². The van der Waals surface area contributed by atoms with E-state index in [1.807, 2.05) is 10.6 Å². The number of alkyl halides is 1. The van der Waals surface area contributed by atoms with Gasteiger partial charge < -0.3 is 4.57 Å². The van der Waals surface area contributed by atoms with Gasteiger partial charge in [0.15, 0.2) is 0 Å². The van der Waals surface area contributed by atoms with Crippen LogP contribution in [0.3, 0.4) is 0 Å². The molecule has 0 fully saturated rings. The summed E-state index contributed by atoms with van der Waals surface area (Å²) in [6.07, 6.45) is 1.62. The normalized spacial score (nSPS) is 15.9. The number of benzene rings is 1. The molecule has 1 aliphatic rings. The molecule has 0 amide bonds. The van der Waals surface area contributed by atoms with E-state index in [0.717, 1.165) is 5.56 Å². The predicted molar refractivity (Wildman–Crippen MR) is 78.4 cm³/mol. The van der Waals surface area contributed by atoms with Gasteiger partial charge in [0.25, 0.3) is 0 Å². The fraction of sp³-hybridized carbons (Fsp3) is 0.385. The lowest BCUT2D eigenvalue weighted by atomic mass is 10.1. The van der Waals surface area contributed by atoms with Crippen molar-refractivity contribution in [2.75, 3.05) is 6.54 Å². The Kier molecular flexibility index (Phi) is 3.73. The molecule has 0 atom stereocenters. The third-order valence-corrected chi connectivity index (χ3v) is 6.04. The Balaban J connectivity index is 1.99. The number of hydrogen-bond acceptors (Lipinski definition) is 4. The van der Waals surface area contributed by atoms with Crippen molar-refractivity contribution in [2.45, 2.75) is 30.8 Å². The molecule has 1 aromatic carbocycles. The fourth-order valence-corrected chi connectivity index (χ4v) is 4.42. The van der Waals surface area contributed by atoms with Gasteiger partial charge in [-0.05, 0) is 24.1 Å². The maximum Gasteiger partial charge on any atom is 0.243 e. The van der Waals surface area contributed by atoms with Crippen LogP contribution < -0.4 is 0 Å². The van der Waals surface area contributed by atoms with Crippen molar-refractivity contribution in [2.24, 2.45) is 0 Å². The molecule has 3 rings (SSSR count). The molecule has 0 unspecified atom stereocenters. The summed E-state index contributed by atoms with van der Waals surface area (Å²) in [4.78, 5) is 0.314. The summed E-state index contributed by atoms with van der Waals surface area (Å²) in [5, 5.41) is 7.77. The van der Waals surface area contributed by atoms with Crippen LogP contribution in [-0.4, -0.2) is 34.0 Å². The molecule has 2 aromatic rings. The van der Waals surface area contributed by atoms with E-state index in [4.69, 9.17) is 11.6 Å². The molecule has 0 N–H and O–H groups in total. The zero-order valence-electron chi connectivity index (χ0n) is 11.5. The standard InChI is InChI=1S/C13H15ClN4O2S/c1-10-11(7-14)3-2-4-12(10)21(19,20)18-6-5-17-9-15-16-13(17)8-18/h2-4,9H,5-8H2,1H3. The van der Waals surface area contributed by atoms with Crippen LogP contribution in [0, 0.1) is 6.92 Å². The molecule has 6 nitrogen and oxygen atoms in total. The second-order valence-electron chi connectivity index (χ2n) is 4.95. The summed E-state index contributed by atoms with van der Waals surface area (Å²) >= 11 is 5.86. The number of fused-ring (bicyclic) bond motifs is 1. The van der Waals surface area contributed by atoms with Crippen molar-refractivity contribution in [3.8, 4) is 0 Å². The molecule has 0 saturated carbocycles. The fourth-order valence-electron chi connectivity index (χ4n) is 2.47. The highest BCUT2D eigenvalue weighted by molar-refractivity contribution is 7.89. The lowest BCUT2D eigenvalue weighted by Gasteiger charge is -2.27. The van der Waals surface area contributed by atoms with E-state index in [0.29, 0.717) is 35.3 Å². The van der Waals surface area contributed by atoms with Crippen molar-refractivity contribution >= 4 is 21.6 Å². The molecule has 0 spiro atoms. The van der Waals surface area contributed by atoms with E-state index in [9.17, 15) is 8.42 Å². The molecule has 0 bridgehead atoms. The molecule has 112 valence electrons. The minimum Gasteiger partial charge on any atom is -0.315 e. The van der Waals surface area contributed by atoms with Crippen LogP contribution in [0.5, 0.6) is 0 Å². The van der Waals surface area contributed by atoms with Crippen molar-refractivity contribution < 1.29 is 8.42 Å². The topological polar surface area (TPSA) is 68.1 Å². The molecule has 2 heterocycles. The van der Waals surface area contributed by atoms with Gasteiger partial charge in [-0.3, -0.25) is 0 Å². The number of aromatic nitrogens is 3. The Labute approximate surface area is 128 Å². The number of halogens is 1. The van der Waals surface area contributed by atoms with E-state index in [1.165, 1.54) is 4.31 Å². The van der Waals surface area contributed by atoms with Crippen LogP contribution in [-0.2, 0) is 29.0 Å². The van der Waals surface area contributed by atoms with Gasteiger partial charge in [0.05, 0.1) is 11.4 Å². The molecular formula is C13H15ClN4O2S. The number of rotatable bonds is 3. The van der Waals surface area contributed by atoms with Crippen LogP contribution in [0.25, 0.3) is 0 Å². The predicted octanol–water partition coefficient (Wildman–Crippen LogP) is 1.53. The van der Waals surface area contributed by atoms with E-state index < -0.39 is 10.0 Å². The summed E-state index contributed by atoms with van der Waals surface area (Å²) in [5.41, 5.74) is 1.54. The van der Waals surface area contributed by atoms with E-state index in [2.05, 4.69) is 10.2 Å². The average Bonchev–Trinajstić information content (AvgIpc) is 2.94. The van der Waals surface area contributed by atoms with Crippen molar-refractivity contribution in [1.29, 1.82) is 0 Å². The van der Waals surface area contributed by atoms with Crippen LogP contribution in [0.2, 0.25) is 0 Å². The van der Waals surface area contributed by atoms with Crippen LogP contribution in [0.15, 0.2) is 29.4 Å². The monoisotopic (exact) mass is 326 g/mol. The first-order chi connectivity index (χ1) is 10.0. The van der Waals surface area contributed by atoms with E-state index in [-0.39, 0.29) is 6.54 Å². The Bertz CT molecular complexity index is 772. The van der Waals surface area contributed by atoms with Gasteiger partial charge in [-0.1, -0.05) is 12.1 Å². The molecule has 21 heavy (non-hydrogen) atoms. The summed E-state index contributed by atoms with van der Waals surface area (Å²) in [7, 11) is -3.55. The van der Waals surface area contributed by atoms with Crippen molar-refractivity contribution in [1.82, 2.24) is 19.1 Å². The second kappa shape index (κ2) is 5.40. The molecule has 1 aromatic heterocycles. The molecule has 0 radical (unpaired) electrons. The van der Waals surface area contributed by atoms with Gasteiger partial charge in [-0.25, -0.2) is 8.42 Å². The van der Waals surface area contributed by atoms with Crippen LogP contribution in [0.4, 0.5) is 0 Å². The van der Waals surface area contributed by atoms with Gasteiger partial charge in [0.1, 0.15) is 12.2 Å². The summed E-state index contributed by atoms with van der Waals surface area (Å²) in [6.45, 7) is 3.01. The second-order valence-corrected chi connectivity index (χ2v) is 7.13. The Morgan fingerprint density at radius 2 is 2.14 bits per heavy atom.